The molecule has 86 valence electrons. The van der Waals surface area contributed by atoms with Crippen molar-refractivity contribution >= 4 is 5.78 Å². The topological polar surface area (TPSA) is 68.9 Å². The fraction of sp³-hybridized carbons (Fsp3) is 0.583. The number of nitrogens with zero attached hydrogens (tertiary/aromatic N) is 2. The molecule has 2 atom stereocenters. The molecule has 0 aromatic carbocycles. The highest BCUT2D eigenvalue weighted by molar-refractivity contribution is 5.97. The molecule has 0 saturated heterocycles. The summed E-state index contributed by atoms with van der Waals surface area (Å²) in [7, 11) is 0. The molecule has 1 heterocycles. The van der Waals surface area contributed by atoms with Gasteiger partial charge in [-0.05, 0) is 25.3 Å². The molecule has 4 nitrogen and oxygen atoms in total. The molecular formula is C12H17N3O. The van der Waals surface area contributed by atoms with Crippen molar-refractivity contribution in [1.82, 2.24) is 9.97 Å². The molecular weight excluding hydrogens is 202 g/mol. The van der Waals surface area contributed by atoms with Gasteiger partial charge in [0.05, 0.1) is 5.56 Å². The highest BCUT2D eigenvalue weighted by Crippen LogP contribution is 2.31. The fourth-order valence-electron chi connectivity index (χ4n) is 2.48. The monoisotopic (exact) mass is 219 g/mol. The first kappa shape index (κ1) is 11.2. The molecule has 0 bridgehead atoms. The van der Waals surface area contributed by atoms with E-state index in [1.807, 2.05) is 0 Å². The summed E-state index contributed by atoms with van der Waals surface area (Å²) < 4.78 is 0. The van der Waals surface area contributed by atoms with Crippen LogP contribution in [0, 0.1) is 11.8 Å². The first-order chi connectivity index (χ1) is 7.83. The van der Waals surface area contributed by atoms with E-state index in [2.05, 4.69) is 9.97 Å². The van der Waals surface area contributed by atoms with Crippen LogP contribution >= 0.6 is 0 Å². The number of ketones is 1. The van der Waals surface area contributed by atoms with Crippen LogP contribution in [0.3, 0.4) is 0 Å². The minimum absolute atomic E-state index is 0.0738. The summed E-state index contributed by atoms with van der Waals surface area (Å²) in [5.74, 6) is 0.571. The number of nitrogens with two attached hydrogens (primary N) is 1. The minimum Gasteiger partial charge on any atom is -0.330 e. The van der Waals surface area contributed by atoms with E-state index in [4.69, 9.17) is 5.73 Å². The molecule has 0 aliphatic heterocycles. The van der Waals surface area contributed by atoms with Crippen molar-refractivity contribution in [1.29, 1.82) is 0 Å². The standard InChI is InChI=1S/C12H17N3O/c13-5-9-3-1-2-4-11(9)12(16)10-6-14-8-15-7-10/h6-9,11H,1-5,13H2. The minimum atomic E-state index is 0.0738. The number of carbonyl (C=O) groups excluding carboxylic acids is 1. The van der Waals surface area contributed by atoms with Gasteiger partial charge in [0.15, 0.2) is 5.78 Å². The Balaban J connectivity index is 2.14. The average molecular weight is 219 g/mol. The van der Waals surface area contributed by atoms with E-state index in [9.17, 15) is 4.79 Å². The Morgan fingerprint density at radius 1 is 1.31 bits per heavy atom. The lowest BCUT2D eigenvalue weighted by Gasteiger charge is -2.29. The molecule has 16 heavy (non-hydrogen) atoms. The van der Waals surface area contributed by atoms with Crippen LogP contribution in [0.25, 0.3) is 0 Å². The van der Waals surface area contributed by atoms with Crippen LogP contribution in [0.1, 0.15) is 36.0 Å². The second-order valence-electron chi connectivity index (χ2n) is 4.38. The van der Waals surface area contributed by atoms with Gasteiger partial charge < -0.3 is 5.73 Å². The molecule has 0 amide bonds. The van der Waals surface area contributed by atoms with Gasteiger partial charge in [-0.3, -0.25) is 4.79 Å². The molecule has 0 radical (unpaired) electrons. The van der Waals surface area contributed by atoms with Gasteiger partial charge >= 0.3 is 0 Å². The average Bonchev–Trinajstić information content (AvgIpc) is 2.39. The summed E-state index contributed by atoms with van der Waals surface area (Å²) >= 11 is 0. The molecule has 2 N–H and O–H groups in total. The van der Waals surface area contributed by atoms with E-state index in [0.717, 1.165) is 19.3 Å². The normalized spacial score (nSPS) is 25.3. The third kappa shape index (κ3) is 2.27. The van der Waals surface area contributed by atoms with Gasteiger partial charge in [-0.25, -0.2) is 9.97 Å². The predicted molar refractivity (Wildman–Crippen MR) is 60.9 cm³/mol. The van der Waals surface area contributed by atoms with Gasteiger partial charge in [0.1, 0.15) is 6.33 Å². The Morgan fingerprint density at radius 2 is 2.00 bits per heavy atom. The van der Waals surface area contributed by atoms with Crippen LogP contribution in [0.2, 0.25) is 0 Å². The van der Waals surface area contributed by atoms with Crippen molar-refractivity contribution in [3.05, 3.63) is 24.3 Å². The molecule has 0 spiro atoms. The Kier molecular flexibility index (Phi) is 3.62. The van der Waals surface area contributed by atoms with Gasteiger partial charge in [0.2, 0.25) is 0 Å². The predicted octanol–water partition coefficient (Wildman–Crippen LogP) is 1.42. The van der Waals surface area contributed by atoms with Crippen LogP contribution in [0.4, 0.5) is 0 Å². The third-order valence-electron chi connectivity index (χ3n) is 3.39. The molecule has 1 aromatic rings. The maximum Gasteiger partial charge on any atom is 0.169 e. The van der Waals surface area contributed by atoms with Crippen LogP contribution < -0.4 is 5.73 Å². The summed E-state index contributed by atoms with van der Waals surface area (Å²) in [5, 5.41) is 0. The van der Waals surface area contributed by atoms with Crippen molar-refractivity contribution in [3.8, 4) is 0 Å². The van der Waals surface area contributed by atoms with Gasteiger partial charge in [-0.2, -0.15) is 0 Å². The highest BCUT2D eigenvalue weighted by Gasteiger charge is 2.30. The first-order valence-electron chi connectivity index (χ1n) is 5.82. The fourth-order valence-corrected chi connectivity index (χ4v) is 2.48. The zero-order valence-electron chi connectivity index (χ0n) is 9.30. The van der Waals surface area contributed by atoms with Crippen LogP contribution in [-0.4, -0.2) is 22.3 Å². The number of aromatic nitrogens is 2. The zero-order chi connectivity index (χ0) is 11.4. The Morgan fingerprint density at radius 3 is 2.69 bits per heavy atom. The van der Waals surface area contributed by atoms with Crippen molar-refractivity contribution in [2.75, 3.05) is 6.54 Å². The lowest BCUT2D eigenvalue weighted by atomic mass is 9.76. The molecule has 4 heteroatoms. The van der Waals surface area contributed by atoms with Crippen molar-refractivity contribution in [2.24, 2.45) is 17.6 Å². The smallest absolute Gasteiger partial charge is 0.169 e. The Labute approximate surface area is 95.3 Å². The van der Waals surface area contributed by atoms with E-state index in [-0.39, 0.29) is 11.7 Å². The Bertz CT molecular complexity index is 353. The van der Waals surface area contributed by atoms with E-state index >= 15 is 0 Å². The SMILES string of the molecule is NCC1CCCCC1C(=O)c1cncnc1. The molecule has 2 unspecified atom stereocenters. The van der Waals surface area contributed by atoms with Crippen molar-refractivity contribution < 1.29 is 4.79 Å². The number of Topliss-reactive ketones (excluding diaryl/α,β-unsaturated/α-hetero) is 1. The van der Waals surface area contributed by atoms with E-state index in [1.165, 1.54) is 12.7 Å². The van der Waals surface area contributed by atoms with Crippen molar-refractivity contribution in [3.63, 3.8) is 0 Å². The number of carbonyl (C=O) groups is 1. The lowest BCUT2D eigenvalue weighted by Crippen LogP contribution is -2.32. The van der Waals surface area contributed by atoms with Crippen molar-refractivity contribution in [2.45, 2.75) is 25.7 Å². The maximum atomic E-state index is 12.2. The zero-order valence-corrected chi connectivity index (χ0v) is 9.30. The second-order valence-corrected chi connectivity index (χ2v) is 4.38. The molecule has 1 aromatic heterocycles. The van der Waals surface area contributed by atoms with Gasteiger partial charge in [-0.1, -0.05) is 12.8 Å². The third-order valence-corrected chi connectivity index (χ3v) is 3.39. The van der Waals surface area contributed by atoms with Gasteiger partial charge in [0, 0.05) is 18.3 Å². The summed E-state index contributed by atoms with van der Waals surface area (Å²) in [6.07, 6.45) is 8.97. The van der Waals surface area contributed by atoms with Gasteiger partial charge in [0.25, 0.3) is 0 Å². The number of hydrogen-bond donors (Lipinski definition) is 1. The first-order valence-corrected chi connectivity index (χ1v) is 5.82. The lowest BCUT2D eigenvalue weighted by molar-refractivity contribution is 0.0829. The molecule has 2 rings (SSSR count). The van der Waals surface area contributed by atoms with Crippen LogP contribution in [0.15, 0.2) is 18.7 Å². The largest absolute Gasteiger partial charge is 0.330 e. The highest BCUT2D eigenvalue weighted by atomic mass is 16.1. The van der Waals surface area contributed by atoms with E-state index in [0.29, 0.717) is 18.0 Å². The van der Waals surface area contributed by atoms with E-state index in [1.54, 1.807) is 12.4 Å². The van der Waals surface area contributed by atoms with Crippen LogP contribution in [0.5, 0.6) is 0 Å². The summed E-state index contributed by atoms with van der Waals surface area (Å²) in [4.78, 5) is 20.0. The molecule has 1 aliphatic carbocycles. The molecule has 1 saturated carbocycles. The van der Waals surface area contributed by atoms with Crippen LogP contribution in [-0.2, 0) is 0 Å². The molecule has 1 fully saturated rings. The number of hydrogen-bond acceptors (Lipinski definition) is 4. The summed E-state index contributed by atoms with van der Waals surface area (Å²) in [6.45, 7) is 0.601. The van der Waals surface area contributed by atoms with E-state index < -0.39 is 0 Å². The summed E-state index contributed by atoms with van der Waals surface area (Å²) in [5.41, 5.74) is 6.34. The molecule has 1 aliphatic rings. The number of rotatable bonds is 3. The summed E-state index contributed by atoms with van der Waals surface area (Å²) in [6, 6.07) is 0. The second kappa shape index (κ2) is 5.16. The Hall–Kier alpha value is -1.29. The quantitative estimate of drug-likeness (QED) is 0.781. The van der Waals surface area contributed by atoms with Gasteiger partial charge in [-0.15, -0.1) is 0 Å². The maximum absolute atomic E-state index is 12.2.